The molecule has 0 radical (unpaired) electrons. The standard InChI is InChI=1S/C12H11N3O2/c16-9-14-6-10-3-4-12(8-15-10)17-11-2-1-5-13-7-11/h1-5,7-9H,6H2,(H,14,16). The number of carbonyl (C=O) groups is 1. The molecule has 2 aromatic rings. The molecule has 0 atom stereocenters. The number of aromatic nitrogens is 2. The first kappa shape index (κ1) is 11.1. The molecule has 0 aromatic carbocycles. The molecule has 1 amide bonds. The van der Waals surface area contributed by atoms with Gasteiger partial charge in [0.05, 0.1) is 24.6 Å². The van der Waals surface area contributed by atoms with Crippen LogP contribution in [0.2, 0.25) is 0 Å². The first-order chi connectivity index (χ1) is 8.38. The van der Waals surface area contributed by atoms with Crippen molar-refractivity contribution in [2.24, 2.45) is 0 Å². The second kappa shape index (κ2) is 5.60. The lowest BCUT2D eigenvalue weighted by molar-refractivity contribution is -0.109. The Kier molecular flexibility index (Phi) is 3.64. The maximum absolute atomic E-state index is 10.1. The van der Waals surface area contributed by atoms with E-state index in [4.69, 9.17) is 4.74 Å². The molecule has 0 spiro atoms. The Bertz CT molecular complexity index is 471. The van der Waals surface area contributed by atoms with Crippen molar-refractivity contribution in [2.75, 3.05) is 0 Å². The average Bonchev–Trinajstić information content (AvgIpc) is 2.39. The Labute approximate surface area is 98.5 Å². The van der Waals surface area contributed by atoms with Gasteiger partial charge in [0.15, 0.2) is 0 Å². The van der Waals surface area contributed by atoms with Crippen LogP contribution >= 0.6 is 0 Å². The molecule has 0 aliphatic carbocycles. The quantitative estimate of drug-likeness (QED) is 0.789. The van der Waals surface area contributed by atoms with Crippen LogP contribution in [0.1, 0.15) is 5.69 Å². The number of rotatable bonds is 5. The van der Waals surface area contributed by atoms with E-state index in [0.29, 0.717) is 24.5 Å². The third kappa shape index (κ3) is 3.27. The molecular formula is C12H11N3O2. The minimum atomic E-state index is 0.413. The summed E-state index contributed by atoms with van der Waals surface area (Å²) >= 11 is 0. The molecule has 0 unspecified atom stereocenters. The van der Waals surface area contributed by atoms with Gasteiger partial charge in [-0.2, -0.15) is 0 Å². The Hall–Kier alpha value is -2.43. The van der Waals surface area contributed by atoms with Crippen LogP contribution in [0.25, 0.3) is 0 Å². The molecule has 0 aliphatic rings. The third-order valence-electron chi connectivity index (χ3n) is 2.03. The van der Waals surface area contributed by atoms with E-state index < -0.39 is 0 Å². The molecule has 5 nitrogen and oxygen atoms in total. The van der Waals surface area contributed by atoms with Gasteiger partial charge in [0.1, 0.15) is 11.5 Å². The molecule has 0 bridgehead atoms. The average molecular weight is 229 g/mol. The molecule has 0 aliphatic heterocycles. The topological polar surface area (TPSA) is 64.1 Å². The largest absolute Gasteiger partial charge is 0.454 e. The lowest BCUT2D eigenvalue weighted by Gasteiger charge is -2.05. The molecular weight excluding hydrogens is 218 g/mol. The van der Waals surface area contributed by atoms with Gasteiger partial charge in [0, 0.05) is 6.20 Å². The fraction of sp³-hybridized carbons (Fsp3) is 0.0833. The highest BCUT2D eigenvalue weighted by Crippen LogP contribution is 2.18. The summed E-state index contributed by atoms with van der Waals surface area (Å²) in [6, 6.07) is 7.20. The zero-order valence-corrected chi connectivity index (χ0v) is 9.04. The molecule has 0 saturated heterocycles. The normalized spacial score (nSPS) is 9.65. The van der Waals surface area contributed by atoms with Gasteiger partial charge in [-0.3, -0.25) is 14.8 Å². The van der Waals surface area contributed by atoms with Gasteiger partial charge in [-0.05, 0) is 24.3 Å². The van der Waals surface area contributed by atoms with Crippen molar-refractivity contribution in [3.63, 3.8) is 0 Å². The number of pyridine rings is 2. The third-order valence-corrected chi connectivity index (χ3v) is 2.03. The SMILES string of the molecule is O=CNCc1ccc(Oc2cccnc2)cn1. The summed E-state index contributed by atoms with van der Waals surface area (Å²) in [4.78, 5) is 18.2. The van der Waals surface area contributed by atoms with Crippen molar-refractivity contribution in [1.82, 2.24) is 15.3 Å². The van der Waals surface area contributed by atoms with Crippen LogP contribution in [0.3, 0.4) is 0 Å². The summed E-state index contributed by atoms with van der Waals surface area (Å²) < 4.78 is 5.52. The van der Waals surface area contributed by atoms with Gasteiger partial charge in [0.25, 0.3) is 0 Å². The van der Waals surface area contributed by atoms with Gasteiger partial charge in [-0.1, -0.05) is 0 Å². The zero-order valence-electron chi connectivity index (χ0n) is 9.04. The van der Waals surface area contributed by atoms with E-state index in [2.05, 4.69) is 15.3 Å². The second-order valence-corrected chi connectivity index (χ2v) is 3.27. The highest BCUT2D eigenvalue weighted by Gasteiger charge is 1.98. The lowest BCUT2D eigenvalue weighted by atomic mass is 10.3. The van der Waals surface area contributed by atoms with Gasteiger partial charge >= 0.3 is 0 Å². The predicted molar refractivity (Wildman–Crippen MR) is 61.5 cm³/mol. The van der Waals surface area contributed by atoms with E-state index in [1.54, 1.807) is 36.8 Å². The number of hydrogen-bond donors (Lipinski definition) is 1. The van der Waals surface area contributed by atoms with Crippen LogP contribution in [-0.4, -0.2) is 16.4 Å². The van der Waals surface area contributed by atoms with E-state index in [9.17, 15) is 4.79 Å². The van der Waals surface area contributed by atoms with Gasteiger partial charge in [0.2, 0.25) is 6.41 Å². The number of amides is 1. The molecule has 2 aromatic heterocycles. The van der Waals surface area contributed by atoms with Crippen molar-refractivity contribution in [1.29, 1.82) is 0 Å². The zero-order chi connectivity index (χ0) is 11.9. The number of ether oxygens (including phenoxy) is 1. The minimum Gasteiger partial charge on any atom is -0.454 e. The summed E-state index contributed by atoms with van der Waals surface area (Å²) in [5, 5.41) is 2.54. The van der Waals surface area contributed by atoms with Crippen LogP contribution in [-0.2, 0) is 11.3 Å². The smallest absolute Gasteiger partial charge is 0.207 e. The van der Waals surface area contributed by atoms with E-state index in [1.165, 1.54) is 0 Å². The Morgan fingerprint density at radius 3 is 2.76 bits per heavy atom. The lowest BCUT2D eigenvalue weighted by Crippen LogP contribution is -2.10. The second-order valence-electron chi connectivity index (χ2n) is 3.27. The maximum atomic E-state index is 10.1. The maximum Gasteiger partial charge on any atom is 0.207 e. The highest BCUT2D eigenvalue weighted by atomic mass is 16.5. The van der Waals surface area contributed by atoms with Crippen molar-refractivity contribution < 1.29 is 9.53 Å². The molecule has 0 fully saturated rings. The molecule has 86 valence electrons. The minimum absolute atomic E-state index is 0.413. The highest BCUT2D eigenvalue weighted by molar-refractivity contribution is 5.46. The van der Waals surface area contributed by atoms with Crippen molar-refractivity contribution in [3.8, 4) is 11.5 Å². The summed E-state index contributed by atoms with van der Waals surface area (Å²) in [6.07, 6.45) is 5.55. The van der Waals surface area contributed by atoms with Crippen molar-refractivity contribution in [3.05, 3.63) is 48.5 Å². The number of hydrogen-bond acceptors (Lipinski definition) is 4. The molecule has 1 N–H and O–H groups in total. The van der Waals surface area contributed by atoms with Gasteiger partial charge in [-0.15, -0.1) is 0 Å². The van der Waals surface area contributed by atoms with Crippen LogP contribution in [0, 0.1) is 0 Å². The summed E-state index contributed by atoms with van der Waals surface area (Å²) in [5.41, 5.74) is 0.774. The van der Waals surface area contributed by atoms with Crippen LogP contribution in [0.15, 0.2) is 42.9 Å². The molecule has 0 saturated carbocycles. The van der Waals surface area contributed by atoms with E-state index in [1.807, 2.05) is 6.07 Å². The van der Waals surface area contributed by atoms with Crippen LogP contribution in [0.5, 0.6) is 11.5 Å². The summed E-state index contributed by atoms with van der Waals surface area (Å²) in [5.74, 6) is 1.29. The number of nitrogens with one attached hydrogen (secondary N) is 1. The Morgan fingerprint density at radius 2 is 2.12 bits per heavy atom. The first-order valence-corrected chi connectivity index (χ1v) is 5.08. The summed E-state index contributed by atoms with van der Waals surface area (Å²) in [7, 11) is 0. The fourth-order valence-electron chi connectivity index (χ4n) is 1.27. The predicted octanol–water partition coefficient (Wildman–Crippen LogP) is 1.51. The fourth-order valence-corrected chi connectivity index (χ4v) is 1.27. The van der Waals surface area contributed by atoms with Gasteiger partial charge < -0.3 is 10.1 Å². The molecule has 5 heteroatoms. The van der Waals surface area contributed by atoms with E-state index in [-0.39, 0.29) is 0 Å². The van der Waals surface area contributed by atoms with Crippen molar-refractivity contribution >= 4 is 6.41 Å². The number of nitrogens with zero attached hydrogens (tertiary/aromatic N) is 2. The van der Waals surface area contributed by atoms with Crippen LogP contribution in [0.4, 0.5) is 0 Å². The van der Waals surface area contributed by atoms with E-state index in [0.717, 1.165) is 5.69 Å². The number of carbonyl (C=O) groups excluding carboxylic acids is 1. The van der Waals surface area contributed by atoms with Crippen LogP contribution < -0.4 is 10.1 Å². The Balaban J connectivity index is 2.01. The van der Waals surface area contributed by atoms with Gasteiger partial charge in [-0.25, -0.2) is 0 Å². The van der Waals surface area contributed by atoms with E-state index >= 15 is 0 Å². The molecule has 17 heavy (non-hydrogen) atoms. The monoisotopic (exact) mass is 229 g/mol. The molecule has 2 heterocycles. The summed E-state index contributed by atoms with van der Waals surface area (Å²) in [6.45, 7) is 0.413. The molecule has 2 rings (SSSR count). The van der Waals surface area contributed by atoms with Crippen molar-refractivity contribution in [2.45, 2.75) is 6.54 Å². The Morgan fingerprint density at radius 1 is 1.24 bits per heavy atom. The first-order valence-electron chi connectivity index (χ1n) is 5.08.